The summed E-state index contributed by atoms with van der Waals surface area (Å²) in [6.07, 6.45) is 0.957. The third kappa shape index (κ3) is 1.35. The zero-order valence-corrected chi connectivity index (χ0v) is 10.4. The second-order valence-corrected chi connectivity index (χ2v) is 6.24. The number of hydrogen-bond donors (Lipinski definition) is 1. The first-order valence-electron chi connectivity index (χ1n) is 5.65. The average Bonchev–Trinajstić information content (AvgIpc) is 2.80. The Morgan fingerprint density at radius 1 is 1.38 bits per heavy atom. The lowest BCUT2D eigenvalue weighted by Crippen LogP contribution is -2.34. The Morgan fingerprint density at radius 3 is 2.75 bits per heavy atom. The van der Waals surface area contributed by atoms with Crippen LogP contribution in [-0.4, -0.2) is 17.7 Å². The third-order valence-electron chi connectivity index (χ3n) is 3.78. The van der Waals surface area contributed by atoms with E-state index in [0.29, 0.717) is 5.12 Å². The van der Waals surface area contributed by atoms with Gasteiger partial charge in [0.1, 0.15) is 0 Å². The first kappa shape index (κ1) is 10.4. The minimum atomic E-state index is 0.0141. The molecule has 0 saturated carbocycles. The van der Waals surface area contributed by atoms with Crippen LogP contribution >= 0.6 is 11.8 Å². The summed E-state index contributed by atoms with van der Waals surface area (Å²) < 4.78 is 0.0141. The number of rotatable bonds is 1. The quantitative estimate of drug-likeness (QED) is 0.805. The van der Waals surface area contributed by atoms with E-state index in [9.17, 15) is 4.79 Å². The van der Waals surface area contributed by atoms with Crippen molar-refractivity contribution in [2.45, 2.75) is 31.1 Å². The second kappa shape index (κ2) is 3.34. The van der Waals surface area contributed by atoms with E-state index in [1.807, 2.05) is 0 Å². The summed E-state index contributed by atoms with van der Waals surface area (Å²) in [4.78, 5) is 11.7. The molecule has 2 unspecified atom stereocenters. The highest BCUT2D eigenvalue weighted by Crippen LogP contribution is 2.51. The van der Waals surface area contributed by atoms with Gasteiger partial charge in [0.05, 0.1) is 10.8 Å². The maximum absolute atomic E-state index is 11.7. The molecule has 1 aromatic carbocycles. The van der Waals surface area contributed by atoms with Crippen molar-refractivity contribution in [2.75, 3.05) is 6.54 Å². The molecule has 2 aliphatic rings. The van der Waals surface area contributed by atoms with Crippen LogP contribution in [0.4, 0.5) is 0 Å². The minimum absolute atomic E-state index is 0.0141. The standard InChI is InChI=1S/C13H15NOS/c1-8-3-4-10(5-9(8)2)13-6-11(14-7-13)12(15)16-13/h3-5,11,14H,6-7H2,1-2H3. The molecule has 2 aliphatic heterocycles. The largest absolute Gasteiger partial charge is 0.305 e. The molecule has 2 bridgehead atoms. The van der Waals surface area contributed by atoms with Gasteiger partial charge in [-0.15, -0.1) is 0 Å². The molecule has 2 nitrogen and oxygen atoms in total. The fourth-order valence-corrected chi connectivity index (χ4v) is 3.92. The Hall–Kier alpha value is -0.800. The molecule has 0 radical (unpaired) electrons. The summed E-state index contributed by atoms with van der Waals surface area (Å²) in [6, 6.07) is 6.67. The van der Waals surface area contributed by atoms with E-state index < -0.39 is 0 Å². The highest BCUT2D eigenvalue weighted by molar-refractivity contribution is 8.15. The summed E-state index contributed by atoms with van der Waals surface area (Å²) >= 11 is 1.53. The molecule has 16 heavy (non-hydrogen) atoms. The average molecular weight is 233 g/mol. The normalized spacial score (nSPS) is 32.4. The van der Waals surface area contributed by atoms with E-state index in [0.717, 1.165) is 13.0 Å². The highest BCUT2D eigenvalue weighted by Gasteiger charge is 2.52. The number of hydrogen-bond acceptors (Lipinski definition) is 3. The summed E-state index contributed by atoms with van der Waals surface area (Å²) in [5.41, 5.74) is 3.94. The van der Waals surface area contributed by atoms with Gasteiger partial charge in [-0.25, -0.2) is 0 Å². The van der Waals surface area contributed by atoms with Gasteiger partial charge in [-0.1, -0.05) is 30.0 Å². The van der Waals surface area contributed by atoms with E-state index in [1.54, 1.807) is 0 Å². The molecule has 1 N–H and O–H groups in total. The lowest BCUT2D eigenvalue weighted by atomic mass is 9.93. The van der Waals surface area contributed by atoms with E-state index in [-0.39, 0.29) is 10.8 Å². The molecule has 3 rings (SSSR count). The van der Waals surface area contributed by atoms with Crippen molar-refractivity contribution in [2.24, 2.45) is 0 Å². The first-order chi connectivity index (χ1) is 7.61. The molecule has 0 spiro atoms. The SMILES string of the molecule is Cc1ccc(C23CNC(C2)C(=O)S3)cc1C. The molecule has 2 fully saturated rings. The predicted molar refractivity (Wildman–Crippen MR) is 66.6 cm³/mol. The number of carbonyl (C=O) groups is 1. The van der Waals surface area contributed by atoms with E-state index in [1.165, 1.54) is 28.5 Å². The van der Waals surface area contributed by atoms with E-state index in [2.05, 4.69) is 37.4 Å². The first-order valence-corrected chi connectivity index (χ1v) is 6.46. The lowest BCUT2D eigenvalue weighted by molar-refractivity contribution is -0.112. The Morgan fingerprint density at radius 2 is 2.19 bits per heavy atom. The number of carbonyl (C=O) groups excluding carboxylic acids is 1. The number of thioether (sulfide) groups is 1. The van der Waals surface area contributed by atoms with Crippen LogP contribution in [0, 0.1) is 13.8 Å². The molecular weight excluding hydrogens is 218 g/mol. The Labute approximate surface area is 99.8 Å². The summed E-state index contributed by atoms with van der Waals surface area (Å²) in [6.45, 7) is 5.19. The topological polar surface area (TPSA) is 29.1 Å². The molecule has 2 saturated heterocycles. The number of benzene rings is 1. The molecule has 0 amide bonds. The molecule has 0 aromatic heterocycles. The van der Waals surface area contributed by atoms with Crippen molar-refractivity contribution in [1.82, 2.24) is 5.32 Å². The van der Waals surface area contributed by atoms with Gasteiger partial charge < -0.3 is 5.32 Å². The summed E-state index contributed by atoms with van der Waals surface area (Å²) in [5.74, 6) is 0. The van der Waals surface area contributed by atoms with Crippen LogP contribution in [0.3, 0.4) is 0 Å². The van der Waals surface area contributed by atoms with Crippen molar-refractivity contribution < 1.29 is 4.79 Å². The molecule has 2 atom stereocenters. The van der Waals surface area contributed by atoms with Gasteiger partial charge in [-0.2, -0.15) is 0 Å². The molecule has 84 valence electrons. The van der Waals surface area contributed by atoms with Crippen molar-refractivity contribution in [3.63, 3.8) is 0 Å². The van der Waals surface area contributed by atoms with Crippen molar-refractivity contribution in [3.05, 3.63) is 34.9 Å². The van der Waals surface area contributed by atoms with Gasteiger partial charge in [0.15, 0.2) is 0 Å². The monoisotopic (exact) mass is 233 g/mol. The molecular formula is C13H15NOS. The maximum Gasteiger partial charge on any atom is 0.206 e. The number of aryl methyl sites for hydroxylation is 2. The molecule has 0 aliphatic carbocycles. The smallest absolute Gasteiger partial charge is 0.206 e. The van der Waals surface area contributed by atoms with Crippen LogP contribution < -0.4 is 5.32 Å². The fourth-order valence-electron chi connectivity index (χ4n) is 2.57. The minimum Gasteiger partial charge on any atom is -0.305 e. The van der Waals surface area contributed by atoms with Crippen LogP contribution in [0.5, 0.6) is 0 Å². The highest BCUT2D eigenvalue weighted by atomic mass is 32.2. The summed E-state index contributed by atoms with van der Waals surface area (Å²) in [5, 5.41) is 3.62. The van der Waals surface area contributed by atoms with Gasteiger partial charge >= 0.3 is 0 Å². The van der Waals surface area contributed by atoms with Gasteiger partial charge in [0.2, 0.25) is 5.12 Å². The van der Waals surface area contributed by atoms with Crippen LogP contribution in [0.1, 0.15) is 23.1 Å². The van der Waals surface area contributed by atoms with Crippen molar-refractivity contribution >= 4 is 16.9 Å². The maximum atomic E-state index is 11.7. The van der Waals surface area contributed by atoms with Crippen LogP contribution in [-0.2, 0) is 9.54 Å². The predicted octanol–water partition coefficient (Wildman–Crippen LogP) is 2.13. The Balaban J connectivity index is 2.04. The lowest BCUT2D eigenvalue weighted by Gasteiger charge is -2.25. The zero-order chi connectivity index (χ0) is 11.3. The number of nitrogens with one attached hydrogen (secondary N) is 1. The molecule has 1 aromatic rings. The van der Waals surface area contributed by atoms with Gasteiger partial charge in [-0.3, -0.25) is 4.79 Å². The van der Waals surface area contributed by atoms with Gasteiger partial charge in [0.25, 0.3) is 0 Å². The van der Waals surface area contributed by atoms with Crippen LogP contribution in [0.15, 0.2) is 18.2 Å². The van der Waals surface area contributed by atoms with Crippen LogP contribution in [0.2, 0.25) is 0 Å². The van der Waals surface area contributed by atoms with E-state index >= 15 is 0 Å². The second-order valence-electron chi connectivity index (χ2n) is 4.85. The third-order valence-corrected chi connectivity index (χ3v) is 5.20. The number of fused-ring (bicyclic) bond motifs is 2. The molecule has 2 heterocycles. The van der Waals surface area contributed by atoms with Gasteiger partial charge in [0, 0.05) is 6.54 Å². The van der Waals surface area contributed by atoms with Gasteiger partial charge in [-0.05, 0) is 37.0 Å². The zero-order valence-electron chi connectivity index (χ0n) is 9.54. The molecule has 3 heteroatoms. The van der Waals surface area contributed by atoms with Crippen molar-refractivity contribution in [3.8, 4) is 0 Å². The summed E-state index contributed by atoms with van der Waals surface area (Å²) in [7, 11) is 0. The Bertz CT molecular complexity index is 471. The van der Waals surface area contributed by atoms with Crippen LogP contribution in [0.25, 0.3) is 0 Å². The Kier molecular flexibility index (Phi) is 2.17. The fraction of sp³-hybridized carbons (Fsp3) is 0.462. The van der Waals surface area contributed by atoms with E-state index in [4.69, 9.17) is 0 Å². The van der Waals surface area contributed by atoms with Crippen molar-refractivity contribution in [1.29, 1.82) is 0 Å².